The van der Waals surface area contributed by atoms with E-state index in [1.54, 1.807) is 12.1 Å². The van der Waals surface area contributed by atoms with Crippen LogP contribution in [0, 0.1) is 0 Å². The number of nitrogen functional groups attached to an aromatic ring is 1. The van der Waals surface area contributed by atoms with E-state index < -0.39 is 0 Å². The van der Waals surface area contributed by atoms with Crippen molar-refractivity contribution in [1.29, 1.82) is 0 Å². The molecule has 0 radical (unpaired) electrons. The third-order valence-electron chi connectivity index (χ3n) is 3.73. The standard InChI is InChI=1S/C17H24ClN5OS/c1-3-4-5-7-12(2)20-15(24)11-25-17-22-21-16(23(17)19)13-8-6-9-14(18)10-13/h6,8-10,12H,3-5,7,11,19H2,1-2H3,(H,20,24)/t12-/m0/s1. The molecular weight excluding hydrogens is 358 g/mol. The van der Waals surface area contributed by atoms with Crippen LogP contribution >= 0.6 is 23.4 Å². The molecule has 1 aromatic carbocycles. The van der Waals surface area contributed by atoms with E-state index in [1.165, 1.54) is 29.3 Å². The van der Waals surface area contributed by atoms with Gasteiger partial charge in [-0.05, 0) is 25.5 Å². The maximum atomic E-state index is 12.0. The van der Waals surface area contributed by atoms with Crippen LogP contribution in [-0.4, -0.2) is 32.6 Å². The number of nitrogens with two attached hydrogens (primary N) is 1. The zero-order valence-corrected chi connectivity index (χ0v) is 16.1. The summed E-state index contributed by atoms with van der Waals surface area (Å²) in [6.45, 7) is 4.20. The van der Waals surface area contributed by atoms with Gasteiger partial charge in [0.15, 0.2) is 5.82 Å². The van der Waals surface area contributed by atoms with E-state index in [9.17, 15) is 4.79 Å². The number of aromatic nitrogens is 3. The van der Waals surface area contributed by atoms with Crippen molar-refractivity contribution in [1.82, 2.24) is 20.2 Å². The summed E-state index contributed by atoms with van der Waals surface area (Å²) in [6, 6.07) is 7.42. The average molecular weight is 382 g/mol. The summed E-state index contributed by atoms with van der Waals surface area (Å²) in [5.74, 6) is 6.79. The van der Waals surface area contributed by atoms with Crippen LogP contribution in [0.3, 0.4) is 0 Å². The fourth-order valence-corrected chi connectivity index (χ4v) is 3.28. The SMILES string of the molecule is CCCCC[C@H](C)NC(=O)CSc1nnc(-c2cccc(Cl)c2)n1N. The number of hydrogen-bond donors (Lipinski definition) is 2. The Kier molecular flexibility index (Phi) is 7.58. The second-order valence-electron chi connectivity index (χ2n) is 5.94. The highest BCUT2D eigenvalue weighted by Crippen LogP contribution is 2.23. The van der Waals surface area contributed by atoms with Crippen LogP contribution in [0.15, 0.2) is 29.4 Å². The van der Waals surface area contributed by atoms with Crippen LogP contribution in [0.5, 0.6) is 0 Å². The fourth-order valence-electron chi connectivity index (χ4n) is 2.42. The van der Waals surface area contributed by atoms with Crippen molar-refractivity contribution in [3.63, 3.8) is 0 Å². The average Bonchev–Trinajstić information content (AvgIpc) is 2.94. The predicted molar refractivity (Wildman–Crippen MR) is 103 cm³/mol. The molecule has 25 heavy (non-hydrogen) atoms. The maximum Gasteiger partial charge on any atom is 0.230 e. The minimum atomic E-state index is -0.0266. The number of nitrogens with one attached hydrogen (secondary N) is 1. The van der Waals surface area contributed by atoms with E-state index in [0.717, 1.165) is 18.4 Å². The number of thioether (sulfide) groups is 1. The lowest BCUT2D eigenvalue weighted by Gasteiger charge is -2.13. The van der Waals surface area contributed by atoms with Crippen molar-refractivity contribution in [3.05, 3.63) is 29.3 Å². The molecule has 8 heteroatoms. The number of amides is 1. The van der Waals surface area contributed by atoms with Crippen molar-refractivity contribution in [2.45, 2.75) is 50.7 Å². The summed E-state index contributed by atoms with van der Waals surface area (Å²) in [5, 5.41) is 12.2. The fraction of sp³-hybridized carbons (Fsp3) is 0.471. The smallest absolute Gasteiger partial charge is 0.230 e. The molecule has 0 fully saturated rings. The van der Waals surface area contributed by atoms with Crippen LogP contribution in [0.2, 0.25) is 5.02 Å². The van der Waals surface area contributed by atoms with Crippen LogP contribution in [0.25, 0.3) is 11.4 Å². The van der Waals surface area contributed by atoms with Gasteiger partial charge in [0.2, 0.25) is 11.1 Å². The van der Waals surface area contributed by atoms with Gasteiger partial charge in [-0.3, -0.25) is 4.79 Å². The van der Waals surface area contributed by atoms with Crippen molar-refractivity contribution < 1.29 is 4.79 Å². The van der Waals surface area contributed by atoms with Crippen molar-refractivity contribution in [3.8, 4) is 11.4 Å². The molecule has 6 nitrogen and oxygen atoms in total. The van der Waals surface area contributed by atoms with Gasteiger partial charge in [-0.1, -0.05) is 61.7 Å². The van der Waals surface area contributed by atoms with Gasteiger partial charge < -0.3 is 11.2 Å². The molecule has 0 unspecified atom stereocenters. The molecule has 0 aliphatic carbocycles. The summed E-state index contributed by atoms with van der Waals surface area (Å²) in [5.41, 5.74) is 0.781. The van der Waals surface area contributed by atoms with E-state index in [4.69, 9.17) is 17.4 Å². The normalized spacial score (nSPS) is 12.1. The Hall–Kier alpha value is -1.73. The first-order valence-corrected chi connectivity index (χ1v) is 9.76. The Balaban J connectivity index is 1.88. The topological polar surface area (TPSA) is 85.8 Å². The molecule has 2 rings (SSSR count). The van der Waals surface area contributed by atoms with Crippen LogP contribution in [0.1, 0.15) is 39.5 Å². The quantitative estimate of drug-likeness (QED) is 0.394. The van der Waals surface area contributed by atoms with Gasteiger partial charge in [-0.25, -0.2) is 4.68 Å². The molecule has 1 heterocycles. The van der Waals surface area contributed by atoms with Gasteiger partial charge in [0, 0.05) is 16.6 Å². The maximum absolute atomic E-state index is 12.0. The highest BCUT2D eigenvalue weighted by atomic mass is 35.5. The molecule has 1 amide bonds. The van der Waals surface area contributed by atoms with Crippen LogP contribution in [0.4, 0.5) is 0 Å². The molecule has 0 saturated carbocycles. The largest absolute Gasteiger partial charge is 0.353 e. The lowest BCUT2D eigenvalue weighted by atomic mass is 10.1. The van der Waals surface area contributed by atoms with Gasteiger partial charge >= 0.3 is 0 Å². The molecular formula is C17H24ClN5OS. The van der Waals surface area contributed by atoms with E-state index in [-0.39, 0.29) is 17.7 Å². The number of nitrogens with zero attached hydrogens (tertiary/aromatic N) is 3. The third kappa shape index (κ3) is 5.93. The van der Waals surface area contributed by atoms with Crippen LogP contribution < -0.4 is 11.2 Å². The van der Waals surface area contributed by atoms with E-state index >= 15 is 0 Å². The molecule has 2 aromatic rings. The first kappa shape index (κ1) is 19.6. The monoisotopic (exact) mass is 381 g/mol. The van der Waals surface area contributed by atoms with Gasteiger partial charge in [0.05, 0.1) is 5.75 Å². The summed E-state index contributed by atoms with van der Waals surface area (Å²) in [6.07, 6.45) is 4.50. The second kappa shape index (κ2) is 9.68. The molecule has 1 aromatic heterocycles. The molecule has 0 aliphatic rings. The zero-order valence-electron chi connectivity index (χ0n) is 14.5. The molecule has 1 atom stereocenters. The molecule has 0 spiro atoms. The predicted octanol–water partition coefficient (Wildman–Crippen LogP) is 3.49. The number of carbonyl (C=O) groups excluding carboxylic acids is 1. The van der Waals surface area contributed by atoms with Gasteiger partial charge in [-0.15, -0.1) is 10.2 Å². The summed E-state index contributed by atoms with van der Waals surface area (Å²) < 4.78 is 1.38. The third-order valence-corrected chi connectivity index (χ3v) is 4.91. The minimum Gasteiger partial charge on any atom is -0.353 e. The van der Waals surface area contributed by atoms with E-state index in [2.05, 4.69) is 22.4 Å². The van der Waals surface area contributed by atoms with E-state index in [0.29, 0.717) is 16.0 Å². The Bertz CT molecular complexity index is 706. The van der Waals surface area contributed by atoms with Crippen molar-refractivity contribution in [2.24, 2.45) is 0 Å². The second-order valence-corrected chi connectivity index (χ2v) is 7.32. The van der Waals surface area contributed by atoms with Gasteiger partial charge in [-0.2, -0.15) is 0 Å². The summed E-state index contributed by atoms with van der Waals surface area (Å²) in [7, 11) is 0. The Morgan fingerprint density at radius 3 is 2.92 bits per heavy atom. The molecule has 0 bridgehead atoms. The van der Waals surface area contributed by atoms with Crippen LogP contribution in [-0.2, 0) is 4.79 Å². The number of carbonyl (C=O) groups is 1. The number of unbranched alkanes of at least 4 members (excludes halogenated alkanes) is 2. The Labute approximate surface area is 157 Å². The molecule has 3 N–H and O–H groups in total. The van der Waals surface area contributed by atoms with Crippen molar-refractivity contribution in [2.75, 3.05) is 11.6 Å². The summed E-state index contributed by atoms with van der Waals surface area (Å²) >= 11 is 7.26. The lowest BCUT2D eigenvalue weighted by Crippen LogP contribution is -2.33. The van der Waals surface area contributed by atoms with E-state index in [1.807, 2.05) is 19.1 Å². The molecule has 0 saturated heterocycles. The van der Waals surface area contributed by atoms with Gasteiger partial charge in [0.1, 0.15) is 0 Å². The number of rotatable bonds is 9. The highest BCUT2D eigenvalue weighted by molar-refractivity contribution is 7.99. The number of hydrogen-bond acceptors (Lipinski definition) is 5. The Morgan fingerprint density at radius 2 is 2.20 bits per heavy atom. The first-order valence-electron chi connectivity index (χ1n) is 8.39. The Morgan fingerprint density at radius 1 is 1.40 bits per heavy atom. The van der Waals surface area contributed by atoms with Crippen molar-refractivity contribution >= 4 is 29.3 Å². The highest BCUT2D eigenvalue weighted by Gasteiger charge is 2.14. The molecule has 136 valence electrons. The number of halogens is 1. The van der Waals surface area contributed by atoms with Gasteiger partial charge in [0.25, 0.3) is 0 Å². The molecule has 0 aliphatic heterocycles. The summed E-state index contributed by atoms with van der Waals surface area (Å²) in [4.78, 5) is 12.0. The minimum absolute atomic E-state index is 0.0266. The number of benzene rings is 1. The first-order chi connectivity index (χ1) is 12.0. The zero-order chi connectivity index (χ0) is 18.2. The lowest BCUT2D eigenvalue weighted by molar-refractivity contribution is -0.119.